The fourth-order valence-corrected chi connectivity index (χ4v) is 3.05. The lowest BCUT2D eigenvalue weighted by molar-refractivity contribution is -0.112. The molecule has 2 aromatic rings. The van der Waals surface area contributed by atoms with Gasteiger partial charge in [-0.05, 0) is 48.4 Å². The van der Waals surface area contributed by atoms with Crippen LogP contribution in [0.15, 0.2) is 48.2 Å². The van der Waals surface area contributed by atoms with Crippen molar-refractivity contribution in [1.82, 2.24) is 0 Å². The van der Waals surface area contributed by atoms with Crippen molar-refractivity contribution in [2.24, 2.45) is 0 Å². The van der Waals surface area contributed by atoms with E-state index in [9.17, 15) is 10.1 Å². The minimum absolute atomic E-state index is 0.0401. The Morgan fingerprint density at radius 3 is 2.33 bits per heavy atom. The predicted molar refractivity (Wildman–Crippen MR) is 112 cm³/mol. The first-order valence-electron chi connectivity index (χ1n) is 9.25. The van der Waals surface area contributed by atoms with E-state index in [4.69, 9.17) is 0 Å². The van der Waals surface area contributed by atoms with Crippen LogP contribution in [0, 0.1) is 25.2 Å². The summed E-state index contributed by atoms with van der Waals surface area (Å²) in [6.07, 6.45) is 2.36. The lowest BCUT2D eigenvalue weighted by Gasteiger charge is -2.16. The molecule has 0 aromatic heterocycles. The molecular formula is C23H27N3O. The highest BCUT2D eigenvalue weighted by Crippen LogP contribution is 2.28. The van der Waals surface area contributed by atoms with Gasteiger partial charge in [0.1, 0.15) is 11.6 Å². The lowest BCUT2D eigenvalue weighted by atomic mass is 9.98. The highest BCUT2D eigenvalue weighted by molar-refractivity contribution is 6.07. The van der Waals surface area contributed by atoms with E-state index in [0.717, 1.165) is 40.0 Å². The van der Waals surface area contributed by atoms with Crippen molar-refractivity contribution in [3.63, 3.8) is 0 Å². The van der Waals surface area contributed by atoms with Crippen LogP contribution in [0.5, 0.6) is 0 Å². The van der Waals surface area contributed by atoms with Crippen LogP contribution in [-0.2, 0) is 11.2 Å². The summed E-state index contributed by atoms with van der Waals surface area (Å²) in [6, 6.07) is 14.0. The standard InChI is InChI=1S/C23H27N3O/c1-6-18-11-7-9-16(4)21(18)25-14-19(13-24)23(27)26-22-17(5)10-8-12-20(22)15(2)3/h7-12,14-15,25H,6H2,1-5H3,(H,26,27)/b19-14-. The third kappa shape index (κ3) is 4.77. The number of benzene rings is 2. The van der Waals surface area contributed by atoms with Gasteiger partial charge < -0.3 is 10.6 Å². The molecule has 4 nitrogen and oxygen atoms in total. The van der Waals surface area contributed by atoms with Crippen LogP contribution in [0.3, 0.4) is 0 Å². The normalized spacial score (nSPS) is 11.2. The van der Waals surface area contributed by atoms with Crippen LogP contribution >= 0.6 is 0 Å². The summed E-state index contributed by atoms with van der Waals surface area (Å²) in [7, 11) is 0. The zero-order valence-electron chi connectivity index (χ0n) is 16.7. The monoisotopic (exact) mass is 361 g/mol. The molecule has 0 aliphatic rings. The van der Waals surface area contributed by atoms with E-state index in [1.165, 1.54) is 6.20 Å². The first kappa shape index (κ1) is 20.3. The highest BCUT2D eigenvalue weighted by Gasteiger charge is 2.15. The molecule has 0 bridgehead atoms. The van der Waals surface area contributed by atoms with E-state index >= 15 is 0 Å². The maximum atomic E-state index is 12.7. The quantitative estimate of drug-likeness (QED) is 0.531. The number of nitrogens with one attached hydrogen (secondary N) is 2. The number of hydrogen-bond acceptors (Lipinski definition) is 3. The third-order valence-corrected chi connectivity index (χ3v) is 4.63. The van der Waals surface area contributed by atoms with E-state index in [0.29, 0.717) is 0 Å². The predicted octanol–water partition coefficient (Wildman–Crippen LogP) is 5.45. The minimum Gasteiger partial charge on any atom is -0.360 e. The van der Waals surface area contributed by atoms with E-state index in [2.05, 4.69) is 31.4 Å². The molecule has 1 amide bonds. The molecule has 2 N–H and O–H groups in total. The molecule has 0 atom stereocenters. The SMILES string of the molecule is CCc1cccc(C)c1N/C=C(/C#N)C(=O)Nc1c(C)cccc1C(C)C. The Balaban J connectivity index is 2.28. The Hall–Kier alpha value is -3.06. The zero-order valence-corrected chi connectivity index (χ0v) is 16.7. The number of nitriles is 1. The smallest absolute Gasteiger partial charge is 0.267 e. The Kier molecular flexibility index (Phi) is 6.79. The molecule has 0 aliphatic heterocycles. The van der Waals surface area contributed by atoms with Crippen molar-refractivity contribution in [2.75, 3.05) is 10.6 Å². The fourth-order valence-electron chi connectivity index (χ4n) is 3.05. The number of anilines is 2. The van der Waals surface area contributed by atoms with Gasteiger partial charge in [0.05, 0.1) is 0 Å². The lowest BCUT2D eigenvalue weighted by Crippen LogP contribution is -2.17. The zero-order chi connectivity index (χ0) is 20.0. The molecule has 0 saturated heterocycles. The summed E-state index contributed by atoms with van der Waals surface area (Å²) in [5.41, 5.74) is 6.02. The summed E-state index contributed by atoms with van der Waals surface area (Å²) >= 11 is 0. The summed E-state index contributed by atoms with van der Waals surface area (Å²) < 4.78 is 0. The molecule has 0 radical (unpaired) electrons. The number of para-hydroxylation sites is 2. The summed E-state index contributed by atoms with van der Waals surface area (Å²) in [5, 5.41) is 15.6. The first-order chi connectivity index (χ1) is 12.9. The van der Waals surface area contributed by atoms with Gasteiger partial charge in [-0.25, -0.2) is 0 Å². The molecule has 0 heterocycles. The molecule has 0 fully saturated rings. The average molecular weight is 361 g/mol. The van der Waals surface area contributed by atoms with Gasteiger partial charge in [0.25, 0.3) is 5.91 Å². The van der Waals surface area contributed by atoms with Crippen LogP contribution < -0.4 is 10.6 Å². The number of aryl methyl sites for hydroxylation is 3. The largest absolute Gasteiger partial charge is 0.360 e. The average Bonchev–Trinajstić information content (AvgIpc) is 2.64. The number of nitrogens with zero attached hydrogens (tertiary/aromatic N) is 1. The third-order valence-electron chi connectivity index (χ3n) is 4.63. The van der Waals surface area contributed by atoms with Gasteiger partial charge in [-0.1, -0.05) is 57.2 Å². The second-order valence-corrected chi connectivity index (χ2v) is 6.92. The van der Waals surface area contributed by atoms with Gasteiger partial charge in [0.2, 0.25) is 0 Å². The van der Waals surface area contributed by atoms with Crippen molar-refractivity contribution in [2.45, 2.75) is 47.0 Å². The van der Waals surface area contributed by atoms with Crippen LogP contribution in [0.2, 0.25) is 0 Å². The number of amides is 1. The molecule has 4 heteroatoms. The van der Waals surface area contributed by atoms with Crippen LogP contribution in [0.1, 0.15) is 48.9 Å². The molecule has 140 valence electrons. The van der Waals surface area contributed by atoms with Crippen molar-refractivity contribution < 1.29 is 4.79 Å². The molecule has 0 aliphatic carbocycles. The fraction of sp³-hybridized carbons (Fsp3) is 0.304. The molecule has 0 saturated carbocycles. The summed E-state index contributed by atoms with van der Waals surface area (Å²) in [5.74, 6) is -0.139. The number of carbonyl (C=O) groups is 1. The van der Waals surface area contributed by atoms with Gasteiger partial charge in [-0.2, -0.15) is 5.26 Å². The van der Waals surface area contributed by atoms with Crippen molar-refractivity contribution in [3.8, 4) is 6.07 Å². The van der Waals surface area contributed by atoms with E-state index in [1.54, 1.807) is 0 Å². The molecule has 2 rings (SSSR count). The van der Waals surface area contributed by atoms with E-state index in [1.807, 2.05) is 56.3 Å². The Morgan fingerprint density at radius 1 is 1.11 bits per heavy atom. The maximum Gasteiger partial charge on any atom is 0.267 e. The minimum atomic E-state index is -0.409. The Labute approximate surface area is 161 Å². The van der Waals surface area contributed by atoms with Gasteiger partial charge in [-0.15, -0.1) is 0 Å². The Bertz CT molecular complexity index is 904. The molecule has 2 aromatic carbocycles. The van der Waals surface area contributed by atoms with Crippen molar-refractivity contribution in [1.29, 1.82) is 5.26 Å². The number of carbonyl (C=O) groups excluding carboxylic acids is 1. The van der Waals surface area contributed by atoms with Crippen LogP contribution in [-0.4, -0.2) is 5.91 Å². The van der Waals surface area contributed by atoms with Crippen LogP contribution in [0.25, 0.3) is 0 Å². The van der Waals surface area contributed by atoms with Gasteiger partial charge in [0, 0.05) is 17.6 Å². The maximum absolute atomic E-state index is 12.7. The first-order valence-corrected chi connectivity index (χ1v) is 9.25. The van der Waals surface area contributed by atoms with Crippen molar-refractivity contribution >= 4 is 17.3 Å². The topological polar surface area (TPSA) is 64.9 Å². The van der Waals surface area contributed by atoms with Gasteiger partial charge >= 0.3 is 0 Å². The molecular weight excluding hydrogens is 334 g/mol. The van der Waals surface area contributed by atoms with Gasteiger partial charge in [-0.3, -0.25) is 4.79 Å². The Morgan fingerprint density at radius 2 is 1.74 bits per heavy atom. The molecule has 0 spiro atoms. The summed E-state index contributed by atoms with van der Waals surface area (Å²) in [4.78, 5) is 12.7. The van der Waals surface area contributed by atoms with E-state index in [-0.39, 0.29) is 11.5 Å². The number of rotatable bonds is 6. The second-order valence-electron chi connectivity index (χ2n) is 6.92. The second kappa shape index (κ2) is 9.05. The van der Waals surface area contributed by atoms with Gasteiger partial charge in [0.15, 0.2) is 0 Å². The molecule has 0 unspecified atom stereocenters. The van der Waals surface area contributed by atoms with Crippen LogP contribution in [0.4, 0.5) is 11.4 Å². The number of hydrogen-bond donors (Lipinski definition) is 2. The highest BCUT2D eigenvalue weighted by atomic mass is 16.1. The molecule has 27 heavy (non-hydrogen) atoms. The van der Waals surface area contributed by atoms with E-state index < -0.39 is 5.91 Å². The summed E-state index contributed by atoms with van der Waals surface area (Å²) in [6.45, 7) is 10.2. The van der Waals surface area contributed by atoms with Crippen molar-refractivity contribution in [3.05, 3.63) is 70.4 Å².